The molecule has 1 amide bonds. The molecule has 2 heterocycles. The first kappa shape index (κ1) is 14.0. The van der Waals surface area contributed by atoms with Crippen molar-refractivity contribution in [2.24, 2.45) is 17.6 Å². The summed E-state index contributed by atoms with van der Waals surface area (Å²) in [7, 11) is 0. The Hall–Kier alpha value is -0.980. The Labute approximate surface area is 123 Å². The highest BCUT2D eigenvalue weighted by atomic mass is 32.1. The van der Waals surface area contributed by atoms with Gasteiger partial charge < -0.3 is 11.1 Å². The molecule has 3 rings (SSSR count). The summed E-state index contributed by atoms with van der Waals surface area (Å²) in [4.78, 5) is 19.6. The van der Waals surface area contributed by atoms with Crippen LogP contribution in [0.1, 0.15) is 31.1 Å². The van der Waals surface area contributed by atoms with Crippen LogP contribution in [0, 0.1) is 11.8 Å². The third kappa shape index (κ3) is 3.37. The highest BCUT2D eigenvalue weighted by molar-refractivity contribution is 7.15. The van der Waals surface area contributed by atoms with E-state index in [4.69, 9.17) is 5.73 Å². The fourth-order valence-corrected chi connectivity index (χ4v) is 3.46. The number of thiazole rings is 1. The number of nitrogens with zero attached hydrogens (tertiary/aromatic N) is 2. The maximum atomic E-state index is 11.7. The minimum Gasteiger partial charge on any atom is -0.327 e. The fraction of sp³-hybridized carbons (Fsp3) is 0.714. The summed E-state index contributed by atoms with van der Waals surface area (Å²) >= 11 is 1.59. The van der Waals surface area contributed by atoms with Gasteiger partial charge in [-0.1, -0.05) is 6.92 Å². The van der Waals surface area contributed by atoms with Gasteiger partial charge in [0.15, 0.2) is 5.13 Å². The number of carbonyl (C=O) groups is 1. The number of nitrogens with two attached hydrogens (primary N) is 1. The highest BCUT2D eigenvalue weighted by Crippen LogP contribution is 2.31. The van der Waals surface area contributed by atoms with Crippen molar-refractivity contribution in [3.8, 4) is 0 Å². The van der Waals surface area contributed by atoms with E-state index in [9.17, 15) is 4.79 Å². The molecule has 1 saturated heterocycles. The molecule has 0 aromatic carbocycles. The largest absolute Gasteiger partial charge is 0.327 e. The number of hydrogen-bond acceptors (Lipinski definition) is 5. The van der Waals surface area contributed by atoms with Crippen LogP contribution in [0.2, 0.25) is 0 Å². The number of rotatable bonds is 4. The molecule has 0 bridgehead atoms. The van der Waals surface area contributed by atoms with Gasteiger partial charge in [0.05, 0.1) is 0 Å². The van der Waals surface area contributed by atoms with Crippen LogP contribution in [0.5, 0.6) is 0 Å². The SMILES string of the molecule is CC1CN(Cc2cnc(NC(=O)C3CC3)s2)CCC1N. The Morgan fingerprint density at radius 1 is 1.55 bits per heavy atom. The van der Waals surface area contributed by atoms with E-state index in [0.29, 0.717) is 12.0 Å². The van der Waals surface area contributed by atoms with E-state index in [2.05, 4.69) is 22.1 Å². The Kier molecular flexibility index (Phi) is 4.05. The molecule has 20 heavy (non-hydrogen) atoms. The molecular weight excluding hydrogens is 272 g/mol. The van der Waals surface area contributed by atoms with Gasteiger partial charge in [0.1, 0.15) is 0 Å². The molecule has 0 spiro atoms. The Morgan fingerprint density at radius 3 is 3.05 bits per heavy atom. The van der Waals surface area contributed by atoms with Gasteiger partial charge in [-0.15, -0.1) is 11.3 Å². The van der Waals surface area contributed by atoms with Crippen molar-refractivity contribution >= 4 is 22.4 Å². The van der Waals surface area contributed by atoms with Gasteiger partial charge in [-0.2, -0.15) is 0 Å². The topological polar surface area (TPSA) is 71.2 Å². The number of nitrogens with one attached hydrogen (secondary N) is 1. The molecule has 110 valence electrons. The molecule has 1 aromatic rings. The molecular formula is C14H22N4OS. The second kappa shape index (κ2) is 5.79. The van der Waals surface area contributed by atoms with Crippen LogP contribution in [0.15, 0.2) is 6.20 Å². The first-order chi connectivity index (χ1) is 9.61. The van der Waals surface area contributed by atoms with Crippen molar-refractivity contribution in [3.63, 3.8) is 0 Å². The van der Waals surface area contributed by atoms with Crippen molar-refractivity contribution in [2.75, 3.05) is 18.4 Å². The molecule has 6 heteroatoms. The minimum atomic E-state index is 0.128. The monoisotopic (exact) mass is 294 g/mol. The Bertz CT molecular complexity index is 485. The van der Waals surface area contributed by atoms with Gasteiger partial charge in [0, 0.05) is 42.7 Å². The molecule has 2 fully saturated rings. The lowest BCUT2D eigenvalue weighted by Gasteiger charge is -2.34. The molecule has 2 unspecified atom stereocenters. The normalized spacial score (nSPS) is 27.5. The number of amides is 1. The molecule has 1 saturated carbocycles. The third-order valence-corrected chi connectivity index (χ3v) is 5.06. The van der Waals surface area contributed by atoms with Crippen LogP contribution >= 0.6 is 11.3 Å². The zero-order chi connectivity index (χ0) is 14.1. The number of anilines is 1. The minimum absolute atomic E-state index is 0.128. The predicted octanol–water partition coefficient (Wildman–Crippen LogP) is 1.66. The molecule has 1 aromatic heterocycles. The highest BCUT2D eigenvalue weighted by Gasteiger charge is 2.30. The van der Waals surface area contributed by atoms with Crippen LogP contribution in [0.25, 0.3) is 0 Å². The number of likely N-dealkylation sites (tertiary alicyclic amines) is 1. The first-order valence-corrected chi connectivity index (χ1v) is 8.17. The van der Waals surface area contributed by atoms with Crippen molar-refractivity contribution in [1.82, 2.24) is 9.88 Å². The lowest BCUT2D eigenvalue weighted by Crippen LogP contribution is -2.45. The van der Waals surface area contributed by atoms with E-state index >= 15 is 0 Å². The number of aromatic nitrogens is 1. The summed E-state index contributed by atoms with van der Waals surface area (Å²) in [5.41, 5.74) is 6.04. The first-order valence-electron chi connectivity index (χ1n) is 7.35. The molecule has 5 nitrogen and oxygen atoms in total. The van der Waals surface area contributed by atoms with Gasteiger partial charge in [-0.05, 0) is 25.2 Å². The third-order valence-electron chi connectivity index (χ3n) is 4.17. The van der Waals surface area contributed by atoms with Crippen molar-refractivity contribution in [1.29, 1.82) is 0 Å². The lowest BCUT2D eigenvalue weighted by molar-refractivity contribution is -0.117. The smallest absolute Gasteiger partial charge is 0.229 e. The molecule has 2 aliphatic rings. The van der Waals surface area contributed by atoms with Crippen LogP contribution < -0.4 is 11.1 Å². The van der Waals surface area contributed by atoms with E-state index in [1.54, 1.807) is 11.3 Å². The lowest BCUT2D eigenvalue weighted by atomic mass is 9.95. The zero-order valence-corrected chi connectivity index (χ0v) is 12.7. The van der Waals surface area contributed by atoms with Gasteiger partial charge in [-0.25, -0.2) is 4.98 Å². The molecule has 2 atom stereocenters. The molecule has 1 aliphatic heterocycles. The van der Waals surface area contributed by atoms with E-state index in [1.165, 1.54) is 4.88 Å². The van der Waals surface area contributed by atoms with Gasteiger partial charge in [-0.3, -0.25) is 9.69 Å². The molecule has 1 aliphatic carbocycles. The van der Waals surface area contributed by atoms with Gasteiger partial charge in [0.2, 0.25) is 5.91 Å². The molecule has 3 N–H and O–H groups in total. The second-order valence-corrected chi connectivity index (χ2v) is 7.18. The second-order valence-electron chi connectivity index (χ2n) is 6.06. The quantitative estimate of drug-likeness (QED) is 0.886. The Morgan fingerprint density at radius 2 is 2.35 bits per heavy atom. The van der Waals surface area contributed by atoms with Crippen molar-refractivity contribution in [2.45, 2.75) is 38.8 Å². The van der Waals surface area contributed by atoms with E-state index in [1.807, 2.05) is 6.20 Å². The average Bonchev–Trinajstić information content (AvgIpc) is 3.18. The summed E-state index contributed by atoms with van der Waals surface area (Å²) in [5, 5.41) is 3.64. The standard InChI is InChI=1S/C14H22N4OS/c1-9-7-18(5-4-12(9)15)8-11-6-16-14(20-11)17-13(19)10-2-3-10/h6,9-10,12H,2-5,7-8,15H2,1H3,(H,16,17,19). The van der Waals surface area contributed by atoms with Crippen LogP contribution in [-0.4, -0.2) is 34.9 Å². The molecule has 0 radical (unpaired) electrons. The predicted molar refractivity (Wildman–Crippen MR) is 80.5 cm³/mol. The van der Waals surface area contributed by atoms with Crippen LogP contribution in [0.3, 0.4) is 0 Å². The maximum absolute atomic E-state index is 11.7. The summed E-state index contributed by atoms with van der Waals surface area (Å²) in [5.74, 6) is 0.904. The van der Waals surface area contributed by atoms with E-state index in [0.717, 1.165) is 44.0 Å². The number of piperidine rings is 1. The number of carbonyl (C=O) groups excluding carboxylic acids is 1. The summed E-state index contributed by atoms with van der Waals surface area (Å²) in [6, 6.07) is 0.334. The maximum Gasteiger partial charge on any atom is 0.229 e. The van der Waals surface area contributed by atoms with Crippen LogP contribution in [-0.2, 0) is 11.3 Å². The number of hydrogen-bond donors (Lipinski definition) is 2. The summed E-state index contributed by atoms with van der Waals surface area (Å²) in [6.07, 6.45) is 4.99. The van der Waals surface area contributed by atoms with Crippen molar-refractivity contribution in [3.05, 3.63) is 11.1 Å². The zero-order valence-electron chi connectivity index (χ0n) is 11.8. The van der Waals surface area contributed by atoms with Gasteiger partial charge in [0.25, 0.3) is 0 Å². The van der Waals surface area contributed by atoms with E-state index < -0.39 is 0 Å². The Balaban J connectivity index is 1.53. The average molecular weight is 294 g/mol. The van der Waals surface area contributed by atoms with E-state index in [-0.39, 0.29) is 11.8 Å². The van der Waals surface area contributed by atoms with Gasteiger partial charge >= 0.3 is 0 Å². The van der Waals surface area contributed by atoms with Crippen molar-refractivity contribution < 1.29 is 4.79 Å². The summed E-state index contributed by atoms with van der Waals surface area (Å²) in [6.45, 7) is 5.22. The summed E-state index contributed by atoms with van der Waals surface area (Å²) < 4.78 is 0. The van der Waals surface area contributed by atoms with Crippen LogP contribution in [0.4, 0.5) is 5.13 Å². The fourth-order valence-electron chi connectivity index (χ4n) is 2.61.